The van der Waals surface area contributed by atoms with Crippen LogP contribution in [-0.4, -0.2) is 87.5 Å². The summed E-state index contributed by atoms with van der Waals surface area (Å²) in [7, 11) is -1.29. The Kier molecular flexibility index (Phi) is 6.33. The van der Waals surface area contributed by atoms with E-state index in [1.165, 1.54) is 32.4 Å². The normalized spacial score (nSPS) is 20.6. The molecule has 1 aromatic carbocycles. The van der Waals surface area contributed by atoms with Crippen molar-refractivity contribution >= 4 is 21.8 Å². The van der Waals surface area contributed by atoms with Crippen molar-refractivity contribution in [2.75, 3.05) is 46.9 Å². The summed E-state index contributed by atoms with van der Waals surface area (Å²) in [6, 6.07) is 5.87. The van der Waals surface area contributed by atoms with Gasteiger partial charge < -0.3 is 14.5 Å². The predicted molar refractivity (Wildman–Crippen MR) is 99.9 cm³/mol. The van der Waals surface area contributed by atoms with Crippen molar-refractivity contribution in [2.24, 2.45) is 0 Å². The number of hydrogen-bond donors (Lipinski definition) is 0. The molecule has 2 saturated heterocycles. The van der Waals surface area contributed by atoms with E-state index in [2.05, 4.69) is 0 Å². The van der Waals surface area contributed by atoms with Crippen LogP contribution in [0.2, 0.25) is 0 Å². The maximum absolute atomic E-state index is 12.8. The van der Waals surface area contributed by atoms with Gasteiger partial charge in [-0.2, -0.15) is 0 Å². The molecule has 2 heterocycles. The minimum Gasteiger partial charge on any atom is -0.368 e. The van der Waals surface area contributed by atoms with Crippen LogP contribution in [0.5, 0.6) is 0 Å². The lowest BCUT2D eigenvalue weighted by Crippen LogP contribution is -2.52. The smallest absolute Gasteiger partial charge is 0.264 e. The topological polar surface area (TPSA) is 96.5 Å². The van der Waals surface area contributed by atoms with Crippen LogP contribution in [0.1, 0.15) is 23.2 Å². The Labute approximate surface area is 164 Å². The van der Waals surface area contributed by atoms with Gasteiger partial charge in [-0.25, -0.2) is 8.42 Å². The summed E-state index contributed by atoms with van der Waals surface area (Å²) in [5.41, 5.74) is 0.282. The first-order valence-electron chi connectivity index (χ1n) is 9.17. The quantitative estimate of drug-likeness (QED) is 0.648. The highest BCUT2D eigenvalue weighted by atomic mass is 32.2. The van der Waals surface area contributed by atoms with E-state index in [-0.39, 0.29) is 28.4 Å². The fourth-order valence-corrected chi connectivity index (χ4v) is 4.34. The molecule has 154 valence electrons. The van der Waals surface area contributed by atoms with Gasteiger partial charge >= 0.3 is 0 Å². The number of hydroxylamine groups is 1. The van der Waals surface area contributed by atoms with Crippen molar-refractivity contribution in [3.8, 4) is 0 Å². The van der Waals surface area contributed by atoms with Gasteiger partial charge in [-0.1, -0.05) is 10.5 Å². The van der Waals surface area contributed by atoms with E-state index >= 15 is 0 Å². The van der Waals surface area contributed by atoms with Gasteiger partial charge in [-0.3, -0.25) is 14.4 Å². The zero-order valence-electron chi connectivity index (χ0n) is 16.0. The molecule has 0 spiro atoms. The van der Waals surface area contributed by atoms with Crippen LogP contribution in [0, 0.1) is 0 Å². The molecule has 0 saturated carbocycles. The number of hydrogen-bond acceptors (Lipinski definition) is 6. The molecule has 0 aromatic heterocycles. The Balaban J connectivity index is 1.65. The Morgan fingerprint density at radius 2 is 1.86 bits per heavy atom. The zero-order valence-corrected chi connectivity index (χ0v) is 16.9. The average molecular weight is 411 g/mol. The van der Waals surface area contributed by atoms with Crippen molar-refractivity contribution in [2.45, 2.75) is 23.8 Å². The minimum atomic E-state index is -3.83. The highest BCUT2D eigenvalue weighted by Crippen LogP contribution is 2.19. The van der Waals surface area contributed by atoms with Gasteiger partial charge in [0.1, 0.15) is 6.10 Å². The summed E-state index contributed by atoms with van der Waals surface area (Å²) < 4.78 is 30.9. The van der Waals surface area contributed by atoms with Gasteiger partial charge in [0.15, 0.2) is 0 Å². The highest BCUT2D eigenvalue weighted by Gasteiger charge is 2.32. The SMILES string of the molecule is CON(C)S(=O)(=O)c1cccc(C(=O)N2CCN(C(=O)C3CCCO3)CC2)c1. The molecular weight excluding hydrogens is 386 g/mol. The molecule has 0 aliphatic carbocycles. The third kappa shape index (κ3) is 4.19. The second-order valence-corrected chi connectivity index (χ2v) is 8.68. The molecule has 2 aliphatic rings. The largest absolute Gasteiger partial charge is 0.368 e. The van der Waals surface area contributed by atoms with Gasteiger partial charge in [0.05, 0.1) is 12.0 Å². The van der Waals surface area contributed by atoms with Crippen LogP contribution >= 0.6 is 0 Å². The van der Waals surface area contributed by atoms with E-state index < -0.39 is 10.0 Å². The third-order valence-corrected chi connectivity index (χ3v) is 6.73. The van der Waals surface area contributed by atoms with Gasteiger partial charge in [0.25, 0.3) is 21.8 Å². The van der Waals surface area contributed by atoms with Gasteiger partial charge in [-0.15, -0.1) is 0 Å². The lowest BCUT2D eigenvalue weighted by Gasteiger charge is -2.35. The van der Waals surface area contributed by atoms with Crippen LogP contribution in [0.15, 0.2) is 29.2 Å². The van der Waals surface area contributed by atoms with Gasteiger partial charge in [-0.05, 0) is 31.0 Å². The van der Waals surface area contributed by atoms with Gasteiger partial charge in [0.2, 0.25) is 0 Å². The second-order valence-electron chi connectivity index (χ2n) is 6.74. The first-order valence-corrected chi connectivity index (χ1v) is 10.6. The highest BCUT2D eigenvalue weighted by molar-refractivity contribution is 7.89. The molecule has 9 nitrogen and oxygen atoms in total. The number of sulfonamides is 1. The lowest BCUT2D eigenvalue weighted by atomic mass is 10.1. The van der Waals surface area contributed by atoms with Crippen LogP contribution < -0.4 is 0 Å². The maximum atomic E-state index is 12.8. The van der Waals surface area contributed by atoms with Crippen LogP contribution in [0.4, 0.5) is 0 Å². The number of carbonyl (C=O) groups is 2. The van der Waals surface area contributed by atoms with Crippen LogP contribution in [0.3, 0.4) is 0 Å². The number of nitrogens with zero attached hydrogens (tertiary/aromatic N) is 3. The molecule has 10 heteroatoms. The number of rotatable bonds is 5. The van der Waals surface area contributed by atoms with Crippen LogP contribution in [-0.2, 0) is 24.4 Å². The Morgan fingerprint density at radius 1 is 1.18 bits per heavy atom. The van der Waals surface area contributed by atoms with E-state index in [0.29, 0.717) is 32.8 Å². The number of ether oxygens (including phenoxy) is 1. The van der Waals surface area contributed by atoms with Gasteiger partial charge in [0, 0.05) is 45.4 Å². The summed E-state index contributed by atoms with van der Waals surface area (Å²) in [4.78, 5) is 33.3. The number of amides is 2. The summed E-state index contributed by atoms with van der Waals surface area (Å²) in [5, 5.41) is 0. The lowest BCUT2D eigenvalue weighted by molar-refractivity contribution is -0.142. The number of benzene rings is 1. The summed E-state index contributed by atoms with van der Waals surface area (Å²) >= 11 is 0. The summed E-state index contributed by atoms with van der Waals surface area (Å²) in [5.74, 6) is -0.276. The Morgan fingerprint density at radius 3 is 2.46 bits per heavy atom. The van der Waals surface area contributed by atoms with Crippen molar-refractivity contribution in [1.29, 1.82) is 0 Å². The molecule has 1 atom stereocenters. The van der Waals surface area contributed by atoms with Crippen molar-refractivity contribution < 1.29 is 27.6 Å². The third-order valence-electron chi connectivity index (χ3n) is 5.06. The fourth-order valence-electron chi connectivity index (χ4n) is 3.32. The molecule has 2 aliphatic heterocycles. The molecule has 3 rings (SSSR count). The first kappa shape index (κ1) is 20.7. The molecule has 0 bridgehead atoms. The van der Waals surface area contributed by atoms with E-state index in [4.69, 9.17) is 9.57 Å². The standard InChI is InChI=1S/C18H25N3O6S/c1-19(26-2)28(24,25)15-6-3-5-14(13-15)17(22)20-8-10-21(11-9-20)18(23)16-7-4-12-27-16/h3,5-6,13,16H,4,7-12H2,1-2H3. The van der Waals surface area contributed by atoms with E-state index in [1.54, 1.807) is 15.9 Å². The fraction of sp³-hybridized carbons (Fsp3) is 0.556. The Bertz CT molecular complexity index is 829. The average Bonchev–Trinajstić information content (AvgIpc) is 3.27. The number of carbonyl (C=O) groups excluding carboxylic acids is 2. The van der Waals surface area contributed by atoms with Crippen molar-refractivity contribution in [3.05, 3.63) is 29.8 Å². The molecule has 1 unspecified atom stereocenters. The molecule has 2 amide bonds. The molecule has 0 N–H and O–H groups in total. The van der Waals surface area contributed by atoms with Crippen molar-refractivity contribution in [1.82, 2.24) is 14.3 Å². The predicted octanol–water partition coefficient (Wildman–Crippen LogP) is 0.332. The summed E-state index contributed by atoms with van der Waals surface area (Å²) in [6.07, 6.45) is 1.28. The monoisotopic (exact) mass is 411 g/mol. The molecule has 2 fully saturated rings. The molecular formula is C18H25N3O6S. The number of piperazine rings is 1. The van der Waals surface area contributed by atoms with E-state index in [9.17, 15) is 18.0 Å². The minimum absolute atomic E-state index is 0.0136. The zero-order chi connectivity index (χ0) is 20.3. The van der Waals surface area contributed by atoms with E-state index in [0.717, 1.165) is 17.3 Å². The summed E-state index contributed by atoms with van der Waals surface area (Å²) in [6.45, 7) is 2.29. The first-order chi connectivity index (χ1) is 13.3. The van der Waals surface area contributed by atoms with E-state index in [1.807, 2.05) is 0 Å². The maximum Gasteiger partial charge on any atom is 0.264 e. The Hall–Kier alpha value is -2.01. The van der Waals surface area contributed by atoms with Crippen molar-refractivity contribution in [3.63, 3.8) is 0 Å². The molecule has 28 heavy (non-hydrogen) atoms. The molecule has 0 radical (unpaired) electrons. The molecule has 1 aromatic rings. The van der Waals surface area contributed by atoms with Crippen LogP contribution in [0.25, 0.3) is 0 Å². The second kappa shape index (κ2) is 8.56.